The average molecular weight is 200 g/mol. The number of rotatable bonds is 9. The third kappa shape index (κ3) is 6.42. The van der Waals surface area contributed by atoms with E-state index in [4.69, 9.17) is 4.74 Å². The van der Waals surface area contributed by atoms with E-state index in [0.29, 0.717) is 12.2 Å². The van der Waals surface area contributed by atoms with Gasteiger partial charge in [0.15, 0.2) is 0 Å². The highest BCUT2D eigenvalue weighted by Crippen LogP contribution is 2.15. The van der Waals surface area contributed by atoms with Crippen LogP contribution in [-0.2, 0) is 4.74 Å². The number of hydrogen-bond acceptors (Lipinski definition) is 1. The molecule has 1 heteroatoms. The minimum Gasteiger partial charge on any atom is -0.375 e. The molecule has 0 radical (unpaired) electrons. The van der Waals surface area contributed by atoms with Crippen LogP contribution >= 0.6 is 0 Å². The van der Waals surface area contributed by atoms with Gasteiger partial charge in [0.05, 0.1) is 12.2 Å². The van der Waals surface area contributed by atoms with Gasteiger partial charge in [-0.1, -0.05) is 47.0 Å². The van der Waals surface area contributed by atoms with Crippen LogP contribution in [0.1, 0.15) is 72.6 Å². The van der Waals surface area contributed by atoms with Crippen molar-refractivity contribution in [3.8, 4) is 0 Å². The highest BCUT2D eigenvalue weighted by atomic mass is 16.5. The van der Waals surface area contributed by atoms with Crippen LogP contribution in [0.4, 0.5) is 0 Å². The van der Waals surface area contributed by atoms with E-state index < -0.39 is 0 Å². The second-order valence-corrected chi connectivity index (χ2v) is 4.13. The minimum absolute atomic E-state index is 0.502. The normalized spacial score (nSPS) is 15.4. The lowest BCUT2D eigenvalue weighted by Crippen LogP contribution is -2.21. The van der Waals surface area contributed by atoms with Crippen molar-refractivity contribution in [2.45, 2.75) is 84.8 Å². The zero-order valence-electron chi connectivity index (χ0n) is 10.5. The molecule has 0 fully saturated rings. The summed E-state index contributed by atoms with van der Waals surface area (Å²) in [6, 6.07) is 0. The molecular formula is C13H28O. The van der Waals surface area contributed by atoms with Gasteiger partial charge in [-0.2, -0.15) is 0 Å². The standard InChI is InChI=1S/C13H28O/c1-5-9-11-13(8-4)14-12(7-3)10-6-2/h12-13H,5-11H2,1-4H3. The van der Waals surface area contributed by atoms with Crippen LogP contribution in [0.2, 0.25) is 0 Å². The van der Waals surface area contributed by atoms with Crippen LogP contribution in [0.5, 0.6) is 0 Å². The number of ether oxygens (including phenoxy) is 1. The monoisotopic (exact) mass is 200 g/mol. The van der Waals surface area contributed by atoms with Gasteiger partial charge in [0.1, 0.15) is 0 Å². The molecule has 0 saturated heterocycles. The Kier molecular flexibility index (Phi) is 9.49. The molecule has 0 aromatic heterocycles. The highest BCUT2D eigenvalue weighted by molar-refractivity contribution is 4.61. The molecule has 1 nitrogen and oxygen atoms in total. The molecule has 0 bridgehead atoms. The molecule has 0 heterocycles. The van der Waals surface area contributed by atoms with Gasteiger partial charge in [0, 0.05) is 0 Å². The molecule has 0 aliphatic rings. The Morgan fingerprint density at radius 1 is 0.786 bits per heavy atom. The SMILES string of the molecule is CCCCC(CC)OC(CC)CCC. The Balaban J connectivity index is 3.75. The van der Waals surface area contributed by atoms with E-state index in [1.165, 1.54) is 38.5 Å². The molecule has 14 heavy (non-hydrogen) atoms. The van der Waals surface area contributed by atoms with E-state index in [1.54, 1.807) is 0 Å². The Morgan fingerprint density at radius 3 is 1.79 bits per heavy atom. The summed E-state index contributed by atoms with van der Waals surface area (Å²) in [5.74, 6) is 0. The van der Waals surface area contributed by atoms with Crippen molar-refractivity contribution in [2.75, 3.05) is 0 Å². The summed E-state index contributed by atoms with van der Waals surface area (Å²) in [6.07, 6.45) is 9.63. The van der Waals surface area contributed by atoms with Gasteiger partial charge in [-0.3, -0.25) is 0 Å². The van der Waals surface area contributed by atoms with Crippen molar-refractivity contribution in [1.82, 2.24) is 0 Å². The molecule has 0 aromatic carbocycles. The first-order valence-electron chi connectivity index (χ1n) is 6.43. The first-order valence-corrected chi connectivity index (χ1v) is 6.43. The van der Waals surface area contributed by atoms with Crippen LogP contribution in [0.3, 0.4) is 0 Å². The molecule has 0 aliphatic carbocycles. The van der Waals surface area contributed by atoms with Crippen LogP contribution in [0.25, 0.3) is 0 Å². The van der Waals surface area contributed by atoms with E-state index >= 15 is 0 Å². The summed E-state index contributed by atoms with van der Waals surface area (Å²) in [7, 11) is 0. The van der Waals surface area contributed by atoms with Crippen LogP contribution in [0.15, 0.2) is 0 Å². The van der Waals surface area contributed by atoms with Crippen LogP contribution < -0.4 is 0 Å². The van der Waals surface area contributed by atoms with E-state index in [-0.39, 0.29) is 0 Å². The smallest absolute Gasteiger partial charge is 0.0576 e. The summed E-state index contributed by atoms with van der Waals surface area (Å²) < 4.78 is 6.09. The summed E-state index contributed by atoms with van der Waals surface area (Å²) in [5.41, 5.74) is 0. The predicted octanol–water partition coefficient (Wildman–Crippen LogP) is 4.55. The topological polar surface area (TPSA) is 9.23 Å². The lowest BCUT2D eigenvalue weighted by Gasteiger charge is -2.23. The highest BCUT2D eigenvalue weighted by Gasteiger charge is 2.12. The van der Waals surface area contributed by atoms with Gasteiger partial charge in [-0.25, -0.2) is 0 Å². The van der Waals surface area contributed by atoms with E-state index in [1.807, 2.05) is 0 Å². The first kappa shape index (κ1) is 14.0. The van der Waals surface area contributed by atoms with E-state index in [0.717, 1.165) is 6.42 Å². The van der Waals surface area contributed by atoms with Gasteiger partial charge >= 0.3 is 0 Å². The summed E-state index contributed by atoms with van der Waals surface area (Å²) in [6.45, 7) is 8.95. The fourth-order valence-corrected chi connectivity index (χ4v) is 1.76. The number of unbranched alkanes of at least 4 members (excludes halogenated alkanes) is 1. The lowest BCUT2D eigenvalue weighted by atomic mass is 10.1. The number of hydrogen-bond donors (Lipinski definition) is 0. The van der Waals surface area contributed by atoms with Crippen LogP contribution in [0, 0.1) is 0 Å². The zero-order chi connectivity index (χ0) is 10.8. The quantitative estimate of drug-likeness (QED) is 0.530. The fraction of sp³-hybridized carbons (Fsp3) is 1.00. The molecule has 2 unspecified atom stereocenters. The molecule has 2 atom stereocenters. The Labute approximate surface area is 90.2 Å². The molecular weight excluding hydrogens is 172 g/mol. The second-order valence-electron chi connectivity index (χ2n) is 4.13. The molecule has 0 spiro atoms. The van der Waals surface area contributed by atoms with Gasteiger partial charge < -0.3 is 4.74 Å². The minimum atomic E-state index is 0.502. The molecule has 0 rings (SSSR count). The Morgan fingerprint density at radius 2 is 1.36 bits per heavy atom. The maximum absolute atomic E-state index is 6.09. The lowest BCUT2D eigenvalue weighted by molar-refractivity contribution is -0.0247. The Hall–Kier alpha value is -0.0400. The molecule has 0 aromatic rings. The van der Waals surface area contributed by atoms with Crippen molar-refractivity contribution < 1.29 is 4.74 Å². The van der Waals surface area contributed by atoms with Gasteiger partial charge in [0.2, 0.25) is 0 Å². The molecule has 86 valence electrons. The van der Waals surface area contributed by atoms with Crippen molar-refractivity contribution in [1.29, 1.82) is 0 Å². The van der Waals surface area contributed by atoms with Crippen molar-refractivity contribution in [2.24, 2.45) is 0 Å². The van der Waals surface area contributed by atoms with E-state index in [2.05, 4.69) is 27.7 Å². The van der Waals surface area contributed by atoms with Crippen molar-refractivity contribution >= 4 is 0 Å². The molecule has 0 amide bonds. The predicted molar refractivity (Wildman–Crippen MR) is 63.7 cm³/mol. The second kappa shape index (κ2) is 9.51. The largest absolute Gasteiger partial charge is 0.375 e. The van der Waals surface area contributed by atoms with Crippen molar-refractivity contribution in [3.05, 3.63) is 0 Å². The summed E-state index contributed by atoms with van der Waals surface area (Å²) >= 11 is 0. The maximum Gasteiger partial charge on any atom is 0.0576 e. The van der Waals surface area contributed by atoms with E-state index in [9.17, 15) is 0 Å². The van der Waals surface area contributed by atoms with Gasteiger partial charge in [0.25, 0.3) is 0 Å². The average Bonchev–Trinajstić information content (AvgIpc) is 2.22. The zero-order valence-corrected chi connectivity index (χ0v) is 10.5. The first-order chi connectivity index (χ1) is 6.78. The maximum atomic E-state index is 6.09. The third-order valence-corrected chi connectivity index (χ3v) is 2.79. The third-order valence-electron chi connectivity index (χ3n) is 2.79. The fourth-order valence-electron chi connectivity index (χ4n) is 1.76. The Bertz CT molecular complexity index is 112. The van der Waals surface area contributed by atoms with Crippen LogP contribution in [-0.4, -0.2) is 12.2 Å². The molecule has 0 aliphatic heterocycles. The molecule has 0 saturated carbocycles. The van der Waals surface area contributed by atoms with Gasteiger partial charge in [-0.05, 0) is 25.7 Å². The summed E-state index contributed by atoms with van der Waals surface area (Å²) in [4.78, 5) is 0. The van der Waals surface area contributed by atoms with Crippen molar-refractivity contribution in [3.63, 3.8) is 0 Å². The summed E-state index contributed by atoms with van der Waals surface area (Å²) in [5, 5.41) is 0. The van der Waals surface area contributed by atoms with Gasteiger partial charge in [-0.15, -0.1) is 0 Å². The molecule has 0 N–H and O–H groups in total.